The maximum atomic E-state index is 5.82. The number of nitrogens with one attached hydrogen (secondary N) is 2. The summed E-state index contributed by atoms with van der Waals surface area (Å²) < 4.78 is 5.82. The van der Waals surface area contributed by atoms with Crippen LogP contribution in [0.4, 0.5) is 11.4 Å². The van der Waals surface area contributed by atoms with Gasteiger partial charge in [0.05, 0.1) is 12.3 Å². The lowest BCUT2D eigenvalue weighted by Gasteiger charge is -2.17. The van der Waals surface area contributed by atoms with Crippen LogP contribution < -0.4 is 15.4 Å². The highest BCUT2D eigenvalue weighted by Crippen LogP contribution is 2.40. The molecule has 3 nitrogen and oxygen atoms in total. The van der Waals surface area contributed by atoms with Crippen molar-refractivity contribution in [1.29, 1.82) is 0 Å². The lowest BCUT2D eigenvalue weighted by molar-refractivity contribution is 0.319. The van der Waals surface area contributed by atoms with Gasteiger partial charge in [-0.15, -0.1) is 0 Å². The van der Waals surface area contributed by atoms with Gasteiger partial charge in [-0.1, -0.05) is 13.0 Å². The smallest absolute Gasteiger partial charge is 0.144 e. The van der Waals surface area contributed by atoms with Crippen LogP contribution in [0, 0.1) is 5.92 Å². The molecule has 1 aromatic carbocycles. The topological polar surface area (TPSA) is 33.3 Å². The molecule has 1 aliphatic carbocycles. The minimum Gasteiger partial charge on any atom is -0.491 e. The molecular weight excluding hydrogens is 224 g/mol. The first kappa shape index (κ1) is 11.7. The fourth-order valence-corrected chi connectivity index (χ4v) is 2.64. The molecule has 0 spiro atoms. The zero-order valence-electron chi connectivity index (χ0n) is 11.0. The van der Waals surface area contributed by atoms with Gasteiger partial charge in [0, 0.05) is 12.6 Å². The molecule has 0 bridgehead atoms. The maximum Gasteiger partial charge on any atom is 0.144 e. The second kappa shape index (κ2) is 5.09. The van der Waals surface area contributed by atoms with Crippen LogP contribution in [-0.4, -0.2) is 19.2 Å². The molecule has 1 aliphatic heterocycles. The van der Waals surface area contributed by atoms with Gasteiger partial charge >= 0.3 is 0 Å². The molecule has 3 heteroatoms. The van der Waals surface area contributed by atoms with Gasteiger partial charge in [0.2, 0.25) is 0 Å². The van der Waals surface area contributed by atoms with Crippen molar-refractivity contribution < 1.29 is 4.74 Å². The van der Waals surface area contributed by atoms with Crippen molar-refractivity contribution >= 4 is 11.4 Å². The number of hydrogen-bond donors (Lipinski definition) is 2. The minimum atomic E-state index is 0.639. The summed E-state index contributed by atoms with van der Waals surface area (Å²) in [6.07, 6.45) is 5.02. The Kier molecular flexibility index (Phi) is 3.31. The number of benzene rings is 1. The van der Waals surface area contributed by atoms with E-state index in [9.17, 15) is 0 Å². The van der Waals surface area contributed by atoms with Crippen LogP contribution in [0.3, 0.4) is 0 Å². The van der Waals surface area contributed by atoms with Crippen molar-refractivity contribution in [2.24, 2.45) is 5.92 Å². The molecule has 1 fully saturated rings. The molecule has 2 aliphatic rings. The Morgan fingerprint density at radius 1 is 1.28 bits per heavy atom. The van der Waals surface area contributed by atoms with Crippen LogP contribution in [0.25, 0.3) is 0 Å². The Bertz CT molecular complexity index is 415. The molecule has 1 atom stereocenters. The van der Waals surface area contributed by atoms with Crippen LogP contribution in [0.2, 0.25) is 0 Å². The standard InChI is InChI=1S/C15H22N2O/c1-2-10-18-14-5-3-4-13-15(14)16-9-8-12(17-13)11-6-7-11/h3-5,11-12,16-17H,2,6-10H2,1H3. The Morgan fingerprint density at radius 2 is 2.17 bits per heavy atom. The summed E-state index contributed by atoms with van der Waals surface area (Å²) in [5, 5.41) is 7.22. The molecule has 1 saturated carbocycles. The van der Waals surface area contributed by atoms with Gasteiger partial charge in [-0.3, -0.25) is 0 Å². The van der Waals surface area contributed by atoms with E-state index in [1.807, 2.05) is 0 Å². The van der Waals surface area contributed by atoms with Crippen molar-refractivity contribution in [3.05, 3.63) is 18.2 Å². The first-order valence-corrected chi connectivity index (χ1v) is 7.14. The van der Waals surface area contributed by atoms with Gasteiger partial charge in [-0.2, -0.15) is 0 Å². The third-order valence-electron chi connectivity index (χ3n) is 3.78. The summed E-state index contributed by atoms with van der Waals surface area (Å²) in [6, 6.07) is 6.93. The highest BCUT2D eigenvalue weighted by atomic mass is 16.5. The number of rotatable bonds is 4. The zero-order chi connectivity index (χ0) is 12.4. The monoisotopic (exact) mass is 246 g/mol. The Hall–Kier alpha value is -1.38. The number of anilines is 2. The molecule has 3 rings (SSSR count). The summed E-state index contributed by atoms with van der Waals surface area (Å²) in [5.74, 6) is 1.87. The normalized spacial score (nSPS) is 22.4. The van der Waals surface area contributed by atoms with Crippen molar-refractivity contribution in [3.8, 4) is 5.75 Å². The average molecular weight is 246 g/mol. The van der Waals surface area contributed by atoms with Gasteiger partial charge in [0.15, 0.2) is 0 Å². The van der Waals surface area contributed by atoms with E-state index in [-0.39, 0.29) is 0 Å². The van der Waals surface area contributed by atoms with E-state index in [2.05, 4.69) is 35.8 Å². The molecule has 1 aromatic rings. The minimum absolute atomic E-state index is 0.639. The van der Waals surface area contributed by atoms with Crippen molar-refractivity contribution in [1.82, 2.24) is 0 Å². The van der Waals surface area contributed by atoms with Crippen molar-refractivity contribution in [2.75, 3.05) is 23.8 Å². The van der Waals surface area contributed by atoms with Gasteiger partial charge in [-0.25, -0.2) is 0 Å². The Balaban J connectivity index is 1.81. The largest absolute Gasteiger partial charge is 0.491 e. The predicted octanol–water partition coefficient (Wildman–Crippen LogP) is 3.48. The highest BCUT2D eigenvalue weighted by Gasteiger charge is 2.32. The van der Waals surface area contributed by atoms with E-state index < -0.39 is 0 Å². The van der Waals surface area contributed by atoms with Crippen LogP contribution in [0.5, 0.6) is 5.75 Å². The Labute approximate surface area is 109 Å². The molecule has 2 N–H and O–H groups in total. The lowest BCUT2D eigenvalue weighted by atomic mass is 10.1. The first-order valence-electron chi connectivity index (χ1n) is 7.14. The molecule has 0 saturated heterocycles. The maximum absolute atomic E-state index is 5.82. The van der Waals surface area contributed by atoms with Gasteiger partial charge in [-0.05, 0) is 43.7 Å². The van der Waals surface area contributed by atoms with E-state index in [0.717, 1.165) is 36.9 Å². The second-order valence-electron chi connectivity index (χ2n) is 5.33. The fourth-order valence-electron chi connectivity index (χ4n) is 2.64. The molecular formula is C15H22N2O. The quantitative estimate of drug-likeness (QED) is 0.853. The molecule has 98 valence electrons. The van der Waals surface area contributed by atoms with Gasteiger partial charge in [0.1, 0.15) is 11.4 Å². The fraction of sp³-hybridized carbons (Fsp3) is 0.600. The number of fused-ring (bicyclic) bond motifs is 1. The number of hydrogen-bond acceptors (Lipinski definition) is 3. The molecule has 0 radical (unpaired) electrons. The van der Waals surface area contributed by atoms with Crippen molar-refractivity contribution in [3.63, 3.8) is 0 Å². The van der Waals surface area contributed by atoms with Crippen LogP contribution in [0.15, 0.2) is 18.2 Å². The number of ether oxygens (including phenoxy) is 1. The van der Waals surface area contributed by atoms with E-state index in [1.54, 1.807) is 0 Å². The summed E-state index contributed by atoms with van der Waals surface area (Å²) in [7, 11) is 0. The van der Waals surface area contributed by atoms with Crippen LogP contribution in [-0.2, 0) is 0 Å². The van der Waals surface area contributed by atoms with E-state index in [4.69, 9.17) is 4.74 Å². The van der Waals surface area contributed by atoms with E-state index in [0.29, 0.717) is 6.04 Å². The predicted molar refractivity (Wildman–Crippen MR) is 75.5 cm³/mol. The Morgan fingerprint density at radius 3 is 2.94 bits per heavy atom. The van der Waals surface area contributed by atoms with Crippen LogP contribution >= 0.6 is 0 Å². The van der Waals surface area contributed by atoms with Crippen molar-refractivity contribution in [2.45, 2.75) is 38.6 Å². The molecule has 0 amide bonds. The molecule has 1 heterocycles. The SMILES string of the molecule is CCCOc1cccc2c1NCCC(C1CC1)N2. The third kappa shape index (κ3) is 2.40. The first-order chi connectivity index (χ1) is 8.88. The molecule has 0 aromatic heterocycles. The summed E-state index contributed by atoms with van der Waals surface area (Å²) in [6.45, 7) is 3.95. The summed E-state index contributed by atoms with van der Waals surface area (Å²) >= 11 is 0. The molecule has 1 unspecified atom stereocenters. The van der Waals surface area contributed by atoms with E-state index >= 15 is 0 Å². The zero-order valence-corrected chi connectivity index (χ0v) is 11.0. The summed E-state index contributed by atoms with van der Waals surface area (Å²) in [5.41, 5.74) is 2.35. The lowest BCUT2D eigenvalue weighted by Crippen LogP contribution is -2.21. The van der Waals surface area contributed by atoms with E-state index in [1.165, 1.54) is 24.9 Å². The second-order valence-corrected chi connectivity index (χ2v) is 5.33. The summed E-state index contributed by atoms with van der Waals surface area (Å²) in [4.78, 5) is 0. The number of para-hydroxylation sites is 1. The van der Waals surface area contributed by atoms with Crippen LogP contribution in [0.1, 0.15) is 32.6 Å². The highest BCUT2D eigenvalue weighted by molar-refractivity contribution is 5.76. The molecule has 18 heavy (non-hydrogen) atoms. The van der Waals surface area contributed by atoms with Gasteiger partial charge < -0.3 is 15.4 Å². The van der Waals surface area contributed by atoms with Gasteiger partial charge in [0.25, 0.3) is 0 Å². The average Bonchev–Trinajstić information content (AvgIpc) is 3.20. The third-order valence-corrected chi connectivity index (χ3v) is 3.78.